The Morgan fingerprint density at radius 1 is 1.00 bits per heavy atom. The first-order chi connectivity index (χ1) is 17.9. The maximum atomic E-state index is 12.4. The fourth-order valence-electron chi connectivity index (χ4n) is 3.95. The van der Waals surface area contributed by atoms with E-state index in [9.17, 15) is 14.9 Å². The maximum Gasteiger partial charge on any atom is 0.323 e. The highest BCUT2D eigenvalue weighted by Gasteiger charge is 2.22. The molecule has 0 radical (unpaired) electrons. The molecule has 2 aromatic heterocycles. The third-order valence-corrected chi connectivity index (χ3v) is 5.84. The quantitative estimate of drug-likeness (QED) is 0.295. The molecule has 0 unspecified atom stereocenters. The lowest BCUT2D eigenvalue weighted by Crippen LogP contribution is -2.37. The van der Waals surface area contributed by atoms with Gasteiger partial charge in [-0.15, -0.1) is 5.10 Å². The van der Waals surface area contributed by atoms with Gasteiger partial charge in [0.1, 0.15) is 0 Å². The number of urea groups is 1. The van der Waals surface area contributed by atoms with Gasteiger partial charge in [0.05, 0.1) is 24.2 Å². The second-order valence-electron chi connectivity index (χ2n) is 8.73. The molecule has 1 fully saturated rings. The SMILES string of the molecule is CC(C)n1nnc2c(N3CCOCC3)nc(-c3ccc(NC(=O)Nc4ccc([N+](=O)[O-])cc4)cc3)nc21. The molecule has 190 valence electrons. The van der Waals surface area contributed by atoms with Crippen molar-refractivity contribution < 1.29 is 14.5 Å². The highest BCUT2D eigenvalue weighted by molar-refractivity contribution is 6.00. The number of ether oxygens (including phenoxy) is 1. The Balaban J connectivity index is 1.37. The van der Waals surface area contributed by atoms with Crippen LogP contribution < -0.4 is 15.5 Å². The van der Waals surface area contributed by atoms with Crippen LogP contribution in [-0.4, -0.2) is 62.2 Å². The van der Waals surface area contributed by atoms with E-state index >= 15 is 0 Å². The van der Waals surface area contributed by atoms with Crippen molar-refractivity contribution in [3.8, 4) is 11.4 Å². The maximum absolute atomic E-state index is 12.4. The third kappa shape index (κ3) is 5.16. The van der Waals surface area contributed by atoms with Crippen LogP contribution in [-0.2, 0) is 4.74 Å². The van der Waals surface area contributed by atoms with Gasteiger partial charge in [-0.05, 0) is 50.2 Å². The highest BCUT2D eigenvalue weighted by Crippen LogP contribution is 2.28. The van der Waals surface area contributed by atoms with Crippen molar-refractivity contribution in [3.63, 3.8) is 0 Å². The van der Waals surface area contributed by atoms with E-state index < -0.39 is 11.0 Å². The van der Waals surface area contributed by atoms with Gasteiger partial charge < -0.3 is 20.3 Å². The molecule has 1 aliphatic heterocycles. The lowest BCUT2D eigenvalue weighted by Gasteiger charge is -2.28. The van der Waals surface area contributed by atoms with Gasteiger partial charge in [-0.2, -0.15) is 0 Å². The Labute approximate surface area is 211 Å². The number of carbonyl (C=O) groups excluding carboxylic acids is 1. The summed E-state index contributed by atoms with van der Waals surface area (Å²) in [5.74, 6) is 1.25. The third-order valence-electron chi connectivity index (χ3n) is 5.84. The number of benzene rings is 2. The largest absolute Gasteiger partial charge is 0.378 e. The number of fused-ring (bicyclic) bond motifs is 1. The first-order valence-corrected chi connectivity index (χ1v) is 11.8. The van der Waals surface area contributed by atoms with E-state index in [4.69, 9.17) is 14.7 Å². The number of non-ortho nitro benzene ring substituents is 1. The number of aromatic nitrogens is 5. The molecule has 13 heteroatoms. The molecule has 4 aromatic rings. The summed E-state index contributed by atoms with van der Waals surface area (Å²) in [5.41, 5.74) is 3.03. The van der Waals surface area contributed by atoms with Crippen LogP contribution in [0.3, 0.4) is 0 Å². The van der Waals surface area contributed by atoms with E-state index in [1.165, 1.54) is 24.3 Å². The number of anilines is 3. The van der Waals surface area contributed by atoms with Crippen LogP contribution >= 0.6 is 0 Å². The highest BCUT2D eigenvalue weighted by atomic mass is 16.6. The van der Waals surface area contributed by atoms with Crippen molar-refractivity contribution in [3.05, 3.63) is 58.6 Å². The van der Waals surface area contributed by atoms with E-state index in [1.807, 2.05) is 26.0 Å². The number of rotatable bonds is 6. The molecular weight excluding hydrogens is 478 g/mol. The van der Waals surface area contributed by atoms with Gasteiger partial charge >= 0.3 is 6.03 Å². The van der Waals surface area contributed by atoms with Crippen LogP contribution in [0.25, 0.3) is 22.6 Å². The van der Waals surface area contributed by atoms with E-state index in [0.29, 0.717) is 54.7 Å². The fourth-order valence-corrected chi connectivity index (χ4v) is 3.95. The van der Waals surface area contributed by atoms with Gasteiger partial charge in [-0.1, -0.05) is 5.21 Å². The minimum Gasteiger partial charge on any atom is -0.378 e. The molecular formula is C24H25N9O4. The second-order valence-corrected chi connectivity index (χ2v) is 8.73. The van der Waals surface area contributed by atoms with Crippen LogP contribution in [0.4, 0.5) is 27.7 Å². The van der Waals surface area contributed by atoms with Crippen molar-refractivity contribution in [1.82, 2.24) is 25.0 Å². The summed E-state index contributed by atoms with van der Waals surface area (Å²) < 4.78 is 7.28. The second kappa shape index (κ2) is 10.1. The molecule has 1 aliphatic rings. The topological polar surface area (TPSA) is 153 Å². The van der Waals surface area contributed by atoms with E-state index in [1.54, 1.807) is 16.8 Å². The summed E-state index contributed by atoms with van der Waals surface area (Å²) in [6.45, 7) is 6.67. The van der Waals surface area contributed by atoms with Crippen molar-refractivity contribution in [1.29, 1.82) is 0 Å². The number of amides is 2. The lowest BCUT2D eigenvalue weighted by molar-refractivity contribution is -0.384. The van der Waals surface area contributed by atoms with Crippen molar-refractivity contribution in [2.75, 3.05) is 41.8 Å². The molecule has 2 N–H and O–H groups in total. The molecule has 0 saturated carbocycles. The number of nitrogens with one attached hydrogen (secondary N) is 2. The first kappa shape index (κ1) is 24.1. The van der Waals surface area contributed by atoms with Crippen LogP contribution in [0.5, 0.6) is 0 Å². The summed E-state index contributed by atoms with van der Waals surface area (Å²) in [6, 6.07) is 12.4. The summed E-state index contributed by atoms with van der Waals surface area (Å²) in [6.07, 6.45) is 0. The Hall–Kier alpha value is -4.65. The average Bonchev–Trinajstić information content (AvgIpc) is 3.34. The number of nitro groups is 1. The molecule has 0 bridgehead atoms. The van der Waals surface area contributed by atoms with Gasteiger partial charge in [0.25, 0.3) is 5.69 Å². The monoisotopic (exact) mass is 503 g/mol. The zero-order chi connectivity index (χ0) is 25.9. The van der Waals surface area contributed by atoms with Crippen molar-refractivity contribution in [2.45, 2.75) is 19.9 Å². The predicted molar refractivity (Wildman–Crippen MR) is 138 cm³/mol. The van der Waals surface area contributed by atoms with Crippen molar-refractivity contribution >= 4 is 40.1 Å². The summed E-state index contributed by atoms with van der Waals surface area (Å²) >= 11 is 0. The first-order valence-electron chi connectivity index (χ1n) is 11.8. The van der Waals surface area contributed by atoms with Crippen LogP contribution in [0.15, 0.2) is 48.5 Å². The van der Waals surface area contributed by atoms with Crippen LogP contribution in [0.1, 0.15) is 19.9 Å². The summed E-state index contributed by atoms with van der Waals surface area (Å²) in [4.78, 5) is 34.4. The van der Waals surface area contributed by atoms with Crippen molar-refractivity contribution in [2.24, 2.45) is 0 Å². The Morgan fingerprint density at radius 2 is 1.62 bits per heavy atom. The summed E-state index contributed by atoms with van der Waals surface area (Å²) in [7, 11) is 0. The fraction of sp³-hybridized carbons (Fsp3) is 0.292. The lowest BCUT2D eigenvalue weighted by atomic mass is 10.2. The van der Waals surface area contributed by atoms with Gasteiger partial charge in [-0.3, -0.25) is 10.1 Å². The van der Waals surface area contributed by atoms with E-state index in [-0.39, 0.29) is 11.7 Å². The molecule has 37 heavy (non-hydrogen) atoms. The molecule has 0 spiro atoms. The Bertz CT molecular complexity index is 1430. The molecule has 0 atom stereocenters. The Kier molecular flexibility index (Phi) is 6.60. The number of hydrogen-bond acceptors (Lipinski definition) is 9. The smallest absolute Gasteiger partial charge is 0.323 e. The average molecular weight is 504 g/mol. The van der Waals surface area contributed by atoms with Gasteiger partial charge in [0, 0.05) is 42.2 Å². The zero-order valence-electron chi connectivity index (χ0n) is 20.3. The Morgan fingerprint density at radius 3 is 2.22 bits per heavy atom. The molecule has 3 heterocycles. The normalized spacial score (nSPS) is 13.6. The number of carbonyl (C=O) groups is 1. The number of hydrogen-bond donors (Lipinski definition) is 2. The number of morpholine rings is 1. The molecule has 0 aliphatic carbocycles. The van der Waals surface area contributed by atoms with Crippen LogP contribution in [0.2, 0.25) is 0 Å². The number of nitro benzene ring substituents is 1. The molecule has 13 nitrogen and oxygen atoms in total. The predicted octanol–water partition coefficient (Wildman–Crippen LogP) is 3.86. The molecule has 1 saturated heterocycles. The standard InChI is InChI=1S/C24H25N9O4/c1-15(2)32-23-20(29-30-32)22(31-11-13-37-14-12-31)27-21(28-23)16-3-5-17(6-4-16)25-24(34)26-18-7-9-19(10-8-18)33(35)36/h3-10,15H,11-14H2,1-2H3,(H2,25,26,34). The van der Waals surface area contributed by atoms with Gasteiger partial charge in [0.15, 0.2) is 22.8 Å². The van der Waals surface area contributed by atoms with Gasteiger partial charge in [-0.25, -0.2) is 19.4 Å². The van der Waals surface area contributed by atoms with Crippen LogP contribution in [0, 0.1) is 10.1 Å². The van der Waals surface area contributed by atoms with E-state index in [0.717, 1.165) is 11.4 Å². The minimum atomic E-state index is -0.496. The molecule has 2 aromatic carbocycles. The van der Waals surface area contributed by atoms with Gasteiger partial charge in [0.2, 0.25) is 0 Å². The number of nitrogens with zero attached hydrogens (tertiary/aromatic N) is 7. The minimum absolute atomic E-state index is 0.0500. The van der Waals surface area contributed by atoms with E-state index in [2.05, 4.69) is 25.8 Å². The molecule has 2 amide bonds. The summed E-state index contributed by atoms with van der Waals surface area (Å²) in [5, 5.41) is 24.8. The molecule has 5 rings (SSSR count). The zero-order valence-corrected chi connectivity index (χ0v) is 20.3.